The molecule has 0 bridgehead atoms. The first-order chi connectivity index (χ1) is 16.5. The molecule has 0 radical (unpaired) electrons. The van der Waals surface area contributed by atoms with Crippen molar-refractivity contribution in [2.45, 2.75) is 13.0 Å². The molecule has 1 aromatic heterocycles. The second-order valence-corrected chi connectivity index (χ2v) is 8.14. The van der Waals surface area contributed by atoms with Crippen LogP contribution in [-0.2, 0) is 4.79 Å². The number of carbonyl (C=O) groups is 2. The van der Waals surface area contributed by atoms with E-state index in [9.17, 15) is 9.59 Å². The van der Waals surface area contributed by atoms with E-state index in [0.717, 1.165) is 33.3 Å². The summed E-state index contributed by atoms with van der Waals surface area (Å²) in [4.78, 5) is 29.6. The molecular weight excluding hydrogens is 430 g/mol. The molecule has 8 heteroatoms. The summed E-state index contributed by atoms with van der Waals surface area (Å²) in [6.07, 6.45) is 1.70. The fraction of sp³-hybridized carbons (Fsp3) is 0.154. The number of amides is 3. The second kappa shape index (κ2) is 8.82. The molecule has 0 saturated carbocycles. The van der Waals surface area contributed by atoms with Crippen LogP contribution in [0.3, 0.4) is 0 Å². The fourth-order valence-corrected chi connectivity index (χ4v) is 4.33. The molecule has 1 aliphatic heterocycles. The third kappa shape index (κ3) is 4.01. The lowest BCUT2D eigenvalue weighted by Crippen LogP contribution is -2.45. The summed E-state index contributed by atoms with van der Waals surface area (Å²) in [6.45, 7) is 1.71. The van der Waals surface area contributed by atoms with Gasteiger partial charge >= 0.3 is 6.03 Å². The summed E-state index contributed by atoms with van der Waals surface area (Å²) >= 11 is 0. The molecule has 2 unspecified atom stereocenters. The zero-order valence-corrected chi connectivity index (χ0v) is 18.7. The van der Waals surface area contributed by atoms with Crippen LogP contribution >= 0.6 is 0 Å². The van der Waals surface area contributed by atoms with Gasteiger partial charge in [0.2, 0.25) is 5.91 Å². The van der Waals surface area contributed by atoms with Crippen LogP contribution in [-0.4, -0.2) is 35.0 Å². The molecule has 0 fully saturated rings. The Morgan fingerprint density at radius 2 is 1.85 bits per heavy atom. The highest BCUT2D eigenvalue weighted by molar-refractivity contribution is 6.13. The van der Waals surface area contributed by atoms with E-state index in [2.05, 4.69) is 25.8 Å². The number of aliphatic imine (C=N–C) groups is 1. The fourth-order valence-electron chi connectivity index (χ4n) is 4.33. The van der Waals surface area contributed by atoms with E-state index in [-0.39, 0.29) is 5.91 Å². The third-order valence-corrected chi connectivity index (χ3v) is 6.02. The second-order valence-electron chi connectivity index (χ2n) is 8.14. The molecular formula is C26H23N5O3. The number of para-hydroxylation sites is 1. The topological polar surface area (TPSA) is 108 Å². The van der Waals surface area contributed by atoms with Crippen molar-refractivity contribution in [3.63, 3.8) is 0 Å². The minimum absolute atomic E-state index is 0.247. The van der Waals surface area contributed by atoms with Gasteiger partial charge in [-0.2, -0.15) is 5.10 Å². The van der Waals surface area contributed by atoms with Gasteiger partial charge in [-0.25, -0.2) is 9.79 Å². The lowest BCUT2D eigenvalue weighted by Gasteiger charge is -2.30. The predicted octanol–water partition coefficient (Wildman–Crippen LogP) is 4.72. The Morgan fingerprint density at radius 1 is 1.06 bits per heavy atom. The molecule has 1 aliphatic rings. The number of aromatic nitrogens is 2. The van der Waals surface area contributed by atoms with Crippen LogP contribution in [0.25, 0.3) is 22.0 Å². The largest absolute Gasteiger partial charge is 0.496 e. The molecule has 5 rings (SSSR count). The van der Waals surface area contributed by atoms with Crippen molar-refractivity contribution in [1.29, 1.82) is 0 Å². The van der Waals surface area contributed by atoms with Gasteiger partial charge in [-0.15, -0.1) is 0 Å². The van der Waals surface area contributed by atoms with Gasteiger partial charge in [0, 0.05) is 22.3 Å². The summed E-state index contributed by atoms with van der Waals surface area (Å²) in [7, 11) is 1.64. The van der Waals surface area contributed by atoms with Gasteiger partial charge in [-0.1, -0.05) is 42.5 Å². The Balaban J connectivity index is 1.43. The van der Waals surface area contributed by atoms with Gasteiger partial charge < -0.3 is 15.4 Å². The summed E-state index contributed by atoms with van der Waals surface area (Å²) < 4.78 is 5.47. The molecule has 3 N–H and O–H groups in total. The van der Waals surface area contributed by atoms with E-state index in [1.54, 1.807) is 20.2 Å². The Morgan fingerprint density at radius 3 is 2.65 bits per heavy atom. The lowest BCUT2D eigenvalue weighted by molar-refractivity contribution is -0.118. The first-order valence-corrected chi connectivity index (χ1v) is 10.9. The Kier molecular flexibility index (Phi) is 5.55. The van der Waals surface area contributed by atoms with E-state index >= 15 is 0 Å². The van der Waals surface area contributed by atoms with Crippen LogP contribution in [0.15, 0.2) is 77.9 Å². The van der Waals surface area contributed by atoms with Gasteiger partial charge in [0.1, 0.15) is 11.7 Å². The minimum Gasteiger partial charge on any atom is -0.496 e. The number of nitrogens with one attached hydrogen (secondary N) is 3. The maximum Gasteiger partial charge on any atom is 0.341 e. The van der Waals surface area contributed by atoms with Gasteiger partial charge in [0.25, 0.3) is 0 Å². The van der Waals surface area contributed by atoms with Crippen molar-refractivity contribution in [2.24, 2.45) is 10.9 Å². The van der Waals surface area contributed by atoms with Crippen LogP contribution < -0.4 is 15.4 Å². The van der Waals surface area contributed by atoms with Crippen LogP contribution in [0.1, 0.15) is 18.5 Å². The van der Waals surface area contributed by atoms with Crippen LogP contribution in [0.4, 0.5) is 10.5 Å². The number of urea groups is 1. The average Bonchev–Trinajstić information content (AvgIpc) is 3.31. The van der Waals surface area contributed by atoms with Crippen molar-refractivity contribution >= 4 is 34.2 Å². The van der Waals surface area contributed by atoms with E-state index in [1.807, 2.05) is 66.7 Å². The molecule has 170 valence electrons. The van der Waals surface area contributed by atoms with Crippen molar-refractivity contribution < 1.29 is 14.3 Å². The number of methoxy groups -OCH3 is 1. The Hall–Kier alpha value is -4.46. The average molecular weight is 454 g/mol. The number of hydrogen-bond donors (Lipinski definition) is 3. The number of hydrogen-bond acceptors (Lipinski definition) is 4. The van der Waals surface area contributed by atoms with Crippen LogP contribution in [0, 0.1) is 5.92 Å². The summed E-state index contributed by atoms with van der Waals surface area (Å²) in [5, 5.41) is 13.6. The molecule has 2 heterocycles. The number of rotatable bonds is 5. The lowest BCUT2D eigenvalue weighted by atomic mass is 9.86. The Labute approximate surface area is 196 Å². The van der Waals surface area contributed by atoms with E-state index in [1.165, 1.54) is 0 Å². The van der Waals surface area contributed by atoms with Gasteiger partial charge in [-0.05, 0) is 42.3 Å². The number of ether oxygens (including phenoxy) is 1. The quantitative estimate of drug-likeness (QED) is 0.406. The molecule has 2 atom stereocenters. The number of nitrogens with zero attached hydrogens (tertiary/aromatic N) is 2. The predicted molar refractivity (Wildman–Crippen MR) is 131 cm³/mol. The SMILES string of the molecule is COc1ccccc1-c1ccc(C2NC(=O)N=C(C)C2C(=O)Nc2ccc3[nH]ncc3c2)cc1. The highest BCUT2D eigenvalue weighted by Gasteiger charge is 2.37. The molecule has 4 aromatic rings. The molecule has 8 nitrogen and oxygen atoms in total. The summed E-state index contributed by atoms with van der Waals surface area (Å²) in [5.41, 5.74) is 4.74. The number of H-pyrrole nitrogens is 1. The van der Waals surface area contributed by atoms with Crippen molar-refractivity contribution in [1.82, 2.24) is 15.5 Å². The highest BCUT2D eigenvalue weighted by atomic mass is 16.5. The first-order valence-electron chi connectivity index (χ1n) is 10.9. The molecule has 0 saturated heterocycles. The highest BCUT2D eigenvalue weighted by Crippen LogP contribution is 2.33. The zero-order valence-electron chi connectivity index (χ0n) is 18.7. The van der Waals surface area contributed by atoms with Crippen LogP contribution in [0.5, 0.6) is 5.75 Å². The summed E-state index contributed by atoms with van der Waals surface area (Å²) in [5.74, 6) is -0.131. The van der Waals surface area contributed by atoms with Gasteiger partial charge in [0.05, 0.1) is 24.9 Å². The number of aromatic amines is 1. The van der Waals surface area contributed by atoms with E-state index in [0.29, 0.717) is 11.4 Å². The zero-order chi connectivity index (χ0) is 23.7. The van der Waals surface area contributed by atoms with E-state index < -0.39 is 18.0 Å². The van der Waals surface area contributed by atoms with Crippen molar-refractivity contribution in [3.05, 3.63) is 78.5 Å². The Bertz CT molecular complexity index is 1410. The molecule has 0 spiro atoms. The normalized spacial score (nSPS) is 17.7. The van der Waals surface area contributed by atoms with E-state index in [4.69, 9.17) is 4.74 Å². The number of benzene rings is 3. The first kappa shape index (κ1) is 21.4. The molecule has 3 amide bonds. The van der Waals surface area contributed by atoms with Crippen molar-refractivity contribution in [2.75, 3.05) is 12.4 Å². The summed E-state index contributed by atoms with van der Waals surface area (Å²) in [6, 6.07) is 20.0. The molecule has 3 aromatic carbocycles. The number of fused-ring (bicyclic) bond motifs is 1. The standard InChI is InChI=1S/C26H23N5O3/c1-15-23(25(32)29-19-11-12-21-18(13-19)14-27-31-21)24(30-26(33)28-15)17-9-7-16(8-10-17)20-5-3-4-6-22(20)34-2/h3-14,23-24H,1-2H3,(H,27,31)(H,29,32)(H,30,33). The smallest absolute Gasteiger partial charge is 0.341 e. The minimum atomic E-state index is -0.658. The van der Waals surface area contributed by atoms with Crippen molar-refractivity contribution in [3.8, 4) is 16.9 Å². The van der Waals surface area contributed by atoms with Gasteiger partial charge in [0.15, 0.2) is 0 Å². The number of anilines is 1. The van der Waals surface area contributed by atoms with Gasteiger partial charge in [-0.3, -0.25) is 9.89 Å². The van der Waals surface area contributed by atoms with Crippen LogP contribution in [0.2, 0.25) is 0 Å². The third-order valence-electron chi connectivity index (χ3n) is 6.02. The number of carbonyl (C=O) groups excluding carboxylic acids is 2. The monoisotopic (exact) mass is 453 g/mol. The maximum atomic E-state index is 13.3. The maximum absolute atomic E-state index is 13.3. The molecule has 0 aliphatic carbocycles. The molecule has 34 heavy (non-hydrogen) atoms.